The molecule has 0 saturated heterocycles. The zero-order valence-electron chi connectivity index (χ0n) is 11.9. The number of carboxylic acid groups (broad SMARTS) is 1. The highest BCUT2D eigenvalue weighted by Gasteiger charge is 2.16. The Morgan fingerprint density at radius 3 is 2.68 bits per heavy atom. The van der Waals surface area contributed by atoms with Crippen LogP contribution in [-0.2, 0) is 9.59 Å². The molecule has 4 nitrogen and oxygen atoms in total. The lowest BCUT2D eigenvalue weighted by Crippen LogP contribution is -2.33. The van der Waals surface area contributed by atoms with Crippen molar-refractivity contribution in [2.75, 3.05) is 0 Å². The summed E-state index contributed by atoms with van der Waals surface area (Å²) in [7, 11) is 0. The quantitative estimate of drug-likeness (QED) is 0.664. The Morgan fingerprint density at radius 1 is 1.37 bits per heavy atom. The molecule has 3 unspecified atom stereocenters. The monoisotopic (exact) mass is 267 g/mol. The van der Waals surface area contributed by atoms with Gasteiger partial charge in [-0.3, -0.25) is 9.59 Å². The second-order valence-electron chi connectivity index (χ2n) is 5.61. The number of nitrogens with one attached hydrogen (secondary N) is 1. The van der Waals surface area contributed by atoms with Crippen LogP contribution in [-0.4, -0.2) is 23.0 Å². The molecule has 0 aliphatic heterocycles. The summed E-state index contributed by atoms with van der Waals surface area (Å²) in [5.74, 6) is -0.536. The molecule has 3 atom stereocenters. The van der Waals surface area contributed by atoms with Gasteiger partial charge < -0.3 is 10.4 Å². The van der Waals surface area contributed by atoms with Gasteiger partial charge in [0.1, 0.15) is 0 Å². The third-order valence-corrected chi connectivity index (χ3v) is 3.66. The normalized spacial score (nSPS) is 21.1. The van der Waals surface area contributed by atoms with Crippen LogP contribution in [0.2, 0.25) is 0 Å². The molecule has 0 radical (unpaired) electrons. The lowest BCUT2D eigenvalue weighted by atomic mass is 10.0. The van der Waals surface area contributed by atoms with Crippen LogP contribution in [0, 0.1) is 11.8 Å². The number of rotatable bonds is 8. The average molecular weight is 267 g/mol. The smallest absolute Gasteiger partial charge is 0.306 e. The Kier molecular flexibility index (Phi) is 6.60. The van der Waals surface area contributed by atoms with E-state index in [2.05, 4.69) is 17.5 Å². The minimum Gasteiger partial charge on any atom is -0.481 e. The minimum atomic E-state index is -0.746. The molecule has 0 saturated carbocycles. The van der Waals surface area contributed by atoms with E-state index in [1.165, 1.54) is 0 Å². The maximum atomic E-state index is 11.8. The van der Waals surface area contributed by atoms with Crippen LogP contribution >= 0.6 is 0 Å². The van der Waals surface area contributed by atoms with Crippen LogP contribution in [0.1, 0.15) is 52.4 Å². The first-order chi connectivity index (χ1) is 8.99. The number of hydrogen-bond acceptors (Lipinski definition) is 2. The topological polar surface area (TPSA) is 66.4 Å². The zero-order valence-corrected chi connectivity index (χ0v) is 11.9. The summed E-state index contributed by atoms with van der Waals surface area (Å²) < 4.78 is 0. The summed E-state index contributed by atoms with van der Waals surface area (Å²) in [5.41, 5.74) is 0. The van der Waals surface area contributed by atoms with E-state index < -0.39 is 5.97 Å². The molecular formula is C15H25NO3. The molecule has 4 heteroatoms. The average Bonchev–Trinajstić information content (AvgIpc) is 2.81. The molecule has 1 rings (SSSR count). The van der Waals surface area contributed by atoms with Crippen molar-refractivity contribution in [3.8, 4) is 0 Å². The van der Waals surface area contributed by atoms with Gasteiger partial charge in [-0.05, 0) is 38.5 Å². The third-order valence-electron chi connectivity index (χ3n) is 3.66. The SMILES string of the molecule is CC(CCCC(C)C(=O)O)NC(=O)CC1C=CCC1. The van der Waals surface area contributed by atoms with Crippen molar-refractivity contribution in [3.05, 3.63) is 12.2 Å². The molecular weight excluding hydrogens is 242 g/mol. The number of carbonyl (C=O) groups excluding carboxylic acids is 1. The van der Waals surface area contributed by atoms with Crippen LogP contribution in [0.25, 0.3) is 0 Å². The Labute approximate surface area is 115 Å². The molecule has 1 amide bonds. The molecule has 2 N–H and O–H groups in total. The molecule has 0 aromatic rings. The van der Waals surface area contributed by atoms with Crippen molar-refractivity contribution in [3.63, 3.8) is 0 Å². The number of amides is 1. The molecule has 0 spiro atoms. The Hall–Kier alpha value is -1.32. The summed E-state index contributed by atoms with van der Waals surface area (Å²) in [5, 5.41) is 11.8. The predicted octanol–water partition coefficient (Wildman–Crippen LogP) is 2.74. The maximum absolute atomic E-state index is 11.8. The van der Waals surface area contributed by atoms with E-state index in [-0.39, 0.29) is 17.9 Å². The van der Waals surface area contributed by atoms with Crippen LogP contribution < -0.4 is 5.32 Å². The first kappa shape index (κ1) is 15.7. The standard InChI is InChI=1S/C15H25NO3/c1-11(15(18)19)6-5-7-12(2)16-14(17)10-13-8-3-4-9-13/h3,8,11-13H,4-7,9-10H2,1-2H3,(H,16,17)(H,18,19). The first-order valence-corrected chi connectivity index (χ1v) is 7.18. The van der Waals surface area contributed by atoms with Gasteiger partial charge in [0, 0.05) is 12.5 Å². The number of allylic oxidation sites excluding steroid dienone is 2. The fourth-order valence-electron chi connectivity index (χ4n) is 2.36. The largest absolute Gasteiger partial charge is 0.481 e. The zero-order chi connectivity index (χ0) is 14.3. The highest BCUT2D eigenvalue weighted by molar-refractivity contribution is 5.76. The first-order valence-electron chi connectivity index (χ1n) is 7.18. The van der Waals surface area contributed by atoms with E-state index in [9.17, 15) is 9.59 Å². The van der Waals surface area contributed by atoms with Crippen LogP contribution in [0.5, 0.6) is 0 Å². The summed E-state index contributed by atoms with van der Waals surface area (Å²) >= 11 is 0. The van der Waals surface area contributed by atoms with Crippen molar-refractivity contribution < 1.29 is 14.7 Å². The number of carboxylic acids is 1. The van der Waals surface area contributed by atoms with Crippen LogP contribution in [0.15, 0.2) is 12.2 Å². The number of aliphatic carboxylic acids is 1. The Morgan fingerprint density at radius 2 is 2.11 bits per heavy atom. The van der Waals surface area contributed by atoms with E-state index in [1.54, 1.807) is 6.92 Å². The fourth-order valence-corrected chi connectivity index (χ4v) is 2.36. The minimum absolute atomic E-state index is 0.107. The van der Waals surface area contributed by atoms with E-state index in [1.807, 2.05) is 6.92 Å². The van der Waals surface area contributed by atoms with Crippen LogP contribution in [0.3, 0.4) is 0 Å². The van der Waals surface area contributed by atoms with E-state index in [4.69, 9.17) is 5.11 Å². The molecule has 108 valence electrons. The molecule has 0 aromatic heterocycles. The highest BCUT2D eigenvalue weighted by atomic mass is 16.4. The second kappa shape index (κ2) is 7.97. The van der Waals surface area contributed by atoms with Crippen molar-refractivity contribution in [2.24, 2.45) is 11.8 Å². The fraction of sp³-hybridized carbons (Fsp3) is 0.733. The van der Waals surface area contributed by atoms with Gasteiger partial charge >= 0.3 is 5.97 Å². The molecule has 0 aromatic carbocycles. The highest BCUT2D eigenvalue weighted by Crippen LogP contribution is 2.20. The van der Waals surface area contributed by atoms with E-state index in [0.717, 1.165) is 25.7 Å². The lowest BCUT2D eigenvalue weighted by molar-refractivity contribution is -0.141. The lowest BCUT2D eigenvalue weighted by Gasteiger charge is -2.16. The molecule has 0 bridgehead atoms. The second-order valence-corrected chi connectivity index (χ2v) is 5.61. The van der Waals surface area contributed by atoms with Gasteiger partial charge in [-0.2, -0.15) is 0 Å². The van der Waals surface area contributed by atoms with Crippen molar-refractivity contribution in [2.45, 2.75) is 58.4 Å². The Balaban J connectivity index is 2.12. The molecule has 19 heavy (non-hydrogen) atoms. The molecule has 0 fully saturated rings. The predicted molar refractivity (Wildman–Crippen MR) is 74.7 cm³/mol. The molecule has 1 aliphatic carbocycles. The van der Waals surface area contributed by atoms with Gasteiger partial charge in [-0.1, -0.05) is 25.5 Å². The number of hydrogen-bond donors (Lipinski definition) is 2. The molecule has 0 heterocycles. The summed E-state index contributed by atoms with van der Waals surface area (Å²) in [6.07, 6.45) is 9.33. The summed E-state index contributed by atoms with van der Waals surface area (Å²) in [6, 6.07) is 0.124. The Bertz CT molecular complexity index is 338. The summed E-state index contributed by atoms with van der Waals surface area (Å²) in [4.78, 5) is 22.4. The van der Waals surface area contributed by atoms with Gasteiger partial charge in [0.2, 0.25) is 5.91 Å². The summed E-state index contributed by atoms with van der Waals surface area (Å²) in [6.45, 7) is 3.70. The van der Waals surface area contributed by atoms with Crippen molar-refractivity contribution >= 4 is 11.9 Å². The third kappa shape index (κ3) is 6.41. The van der Waals surface area contributed by atoms with Gasteiger partial charge in [-0.25, -0.2) is 0 Å². The van der Waals surface area contributed by atoms with Crippen molar-refractivity contribution in [1.82, 2.24) is 5.32 Å². The van der Waals surface area contributed by atoms with Gasteiger partial charge in [-0.15, -0.1) is 0 Å². The van der Waals surface area contributed by atoms with Gasteiger partial charge in [0.05, 0.1) is 5.92 Å². The molecule has 1 aliphatic rings. The van der Waals surface area contributed by atoms with Crippen molar-refractivity contribution in [1.29, 1.82) is 0 Å². The van der Waals surface area contributed by atoms with Crippen LogP contribution in [0.4, 0.5) is 0 Å². The van der Waals surface area contributed by atoms with E-state index >= 15 is 0 Å². The maximum Gasteiger partial charge on any atom is 0.306 e. The number of carbonyl (C=O) groups is 2. The van der Waals surface area contributed by atoms with Gasteiger partial charge in [0.15, 0.2) is 0 Å². The van der Waals surface area contributed by atoms with E-state index in [0.29, 0.717) is 18.8 Å². The van der Waals surface area contributed by atoms with Gasteiger partial charge in [0.25, 0.3) is 0 Å².